The molecule has 0 aliphatic heterocycles. The predicted octanol–water partition coefficient (Wildman–Crippen LogP) is 1.69. The van der Waals surface area contributed by atoms with Gasteiger partial charge in [0.15, 0.2) is 0 Å². The molecular formula is C21H29N3O3. The van der Waals surface area contributed by atoms with E-state index in [1.165, 1.54) is 18.9 Å². The molecule has 1 aliphatic rings. The van der Waals surface area contributed by atoms with Gasteiger partial charge in [0.05, 0.1) is 12.6 Å². The van der Waals surface area contributed by atoms with E-state index >= 15 is 0 Å². The number of rotatable bonds is 7. The van der Waals surface area contributed by atoms with Crippen molar-refractivity contribution in [2.24, 2.45) is 0 Å². The summed E-state index contributed by atoms with van der Waals surface area (Å²) >= 11 is 0. The van der Waals surface area contributed by atoms with Crippen molar-refractivity contribution < 1.29 is 14.7 Å². The first-order chi connectivity index (χ1) is 13.0. The average Bonchev–Trinajstić information content (AvgIpc) is 2.69. The fourth-order valence-corrected chi connectivity index (χ4v) is 3.68. The Morgan fingerprint density at radius 3 is 2.44 bits per heavy atom. The zero-order valence-electron chi connectivity index (χ0n) is 15.8. The summed E-state index contributed by atoms with van der Waals surface area (Å²) in [6.07, 6.45) is 9.58. The Kier molecular flexibility index (Phi) is 7.68. The number of carbonyl (C=O) groups is 2. The number of terminal acetylenes is 1. The number of urea groups is 1. The van der Waals surface area contributed by atoms with Crippen LogP contribution >= 0.6 is 0 Å². The van der Waals surface area contributed by atoms with Crippen LogP contribution in [0, 0.1) is 12.3 Å². The van der Waals surface area contributed by atoms with E-state index in [0.29, 0.717) is 6.54 Å². The molecule has 2 rings (SSSR count). The fourth-order valence-electron chi connectivity index (χ4n) is 3.68. The number of aliphatic hydroxyl groups excluding tert-OH is 1. The molecule has 2 atom stereocenters. The van der Waals surface area contributed by atoms with Crippen LogP contribution < -0.4 is 16.0 Å². The van der Waals surface area contributed by atoms with Gasteiger partial charge in [0.2, 0.25) is 5.91 Å². The van der Waals surface area contributed by atoms with Crippen molar-refractivity contribution >= 4 is 11.9 Å². The molecule has 1 aromatic carbocycles. The van der Waals surface area contributed by atoms with Crippen LogP contribution in [0.25, 0.3) is 0 Å². The van der Waals surface area contributed by atoms with E-state index in [2.05, 4.69) is 34.0 Å². The molecule has 1 aliphatic carbocycles. The highest BCUT2D eigenvalue weighted by Gasteiger charge is 2.34. The van der Waals surface area contributed by atoms with Gasteiger partial charge in [-0.15, -0.1) is 6.42 Å². The monoisotopic (exact) mass is 371 g/mol. The van der Waals surface area contributed by atoms with Crippen LogP contribution in [0.1, 0.15) is 44.6 Å². The molecule has 146 valence electrons. The topological polar surface area (TPSA) is 90.5 Å². The van der Waals surface area contributed by atoms with Crippen molar-refractivity contribution in [2.45, 2.75) is 56.6 Å². The Balaban J connectivity index is 2.00. The minimum Gasteiger partial charge on any atom is -0.391 e. The maximum absolute atomic E-state index is 12.4. The lowest BCUT2D eigenvalue weighted by molar-refractivity contribution is -0.124. The number of carbonyl (C=O) groups excluding carboxylic acids is 2. The normalized spacial score (nSPS) is 17.8. The molecule has 27 heavy (non-hydrogen) atoms. The number of hydrogen-bond donors (Lipinski definition) is 4. The summed E-state index contributed by atoms with van der Waals surface area (Å²) in [5.74, 6) is 1.79. The van der Waals surface area contributed by atoms with Crippen LogP contribution in [-0.2, 0) is 10.2 Å². The third kappa shape index (κ3) is 5.73. The first-order valence-corrected chi connectivity index (χ1v) is 9.48. The molecule has 1 saturated carbocycles. The lowest BCUT2D eigenvalue weighted by atomic mass is 9.69. The van der Waals surface area contributed by atoms with E-state index in [9.17, 15) is 14.7 Å². The van der Waals surface area contributed by atoms with E-state index in [1.807, 2.05) is 18.2 Å². The van der Waals surface area contributed by atoms with Crippen LogP contribution in [0.15, 0.2) is 30.3 Å². The molecule has 3 amide bonds. The molecule has 1 aromatic rings. The number of benzene rings is 1. The van der Waals surface area contributed by atoms with E-state index in [-0.39, 0.29) is 12.0 Å². The second kappa shape index (κ2) is 9.98. The van der Waals surface area contributed by atoms with Gasteiger partial charge in [-0.3, -0.25) is 4.79 Å². The molecule has 0 saturated heterocycles. The van der Waals surface area contributed by atoms with Crippen molar-refractivity contribution in [1.29, 1.82) is 0 Å². The first-order valence-electron chi connectivity index (χ1n) is 9.48. The van der Waals surface area contributed by atoms with Crippen molar-refractivity contribution in [3.05, 3.63) is 35.9 Å². The molecule has 0 radical (unpaired) electrons. The Morgan fingerprint density at radius 2 is 1.85 bits per heavy atom. The van der Waals surface area contributed by atoms with Gasteiger partial charge in [0.1, 0.15) is 6.04 Å². The second-order valence-corrected chi connectivity index (χ2v) is 7.17. The van der Waals surface area contributed by atoms with Gasteiger partial charge in [-0.25, -0.2) is 4.79 Å². The molecule has 1 fully saturated rings. The Bertz CT molecular complexity index is 661. The summed E-state index contributed by atoms with van der Waals surface area (Å²) in [5, 5.41) is 17.8. The smallest absolute Gasteiger partial charge is 0.315 e. The molecule has 0 bridgehead atoms. The standard InChI is InChI=1S/C21H29N3O3/c1-3-14-22-19(26)18(16(2)25)24-20(27)23-15-21(12-8-5-9-13-21)17-10-6-4-7-11-17/h1,4,6-7,10-11,16,18,25H,5,8-9,12-15H2,2H3,(H,22,26)(H2,23,24,27)/t16-,18+/m1/s1. The van der Waals surface area contributed by atoms with Gasteiger partial charge in [0, 0.05) is 12.0 Å². The highest BCUT2D eigenvalue weighted by molar-refractivity contribution is 5.87. The third-order valence-corrected chi connectivity index (χ3v) is 5.20. The van der Waals surface area contributed by atoms with Gasteiger partial charge in [-0.1, -0.05) is 55.5 Å². The van der Waals surface area contributed by atoms with E-state index in [1.54, 1.807) is 0 Å². The quantitative estimate of drug-likeness (QED) is 0.550. The van der Waals surface area contributed by atoms with Gasteiger partial charge < -0.3 is 21.1 Å². The van der Waals surface area contributed by atoms with Gasteiger partial charge >= 0.3 is 6.03 Å². The minimum absolute atomic E-state index is 0.0441. The minimum atomic E-state index is -1.06. The Hall–Kier alpha value is -2.52. The van der Waals surface area contributed by atoms with Gasteiger partial charge in [-0.05, 0) is 25.3 Å². The molecular weight excluding hydrogens is 342 g/mol. The highest BCUT2D eigenvalue weighted by atomic mass is 16.3. The molecule has 6 nitrogen and oxygen atoms in total. The number of amides is 3. The Morgan fingerprint density at radius 1 is 1.19 bits per heavy atom. The second-order valence-electron chi connectivity index (χ2n) is 7.17. The molecule has 0 spiro atoms. The van der Waals surface area contributed by atoms with Crippen molar-refractivity contribution in [1.82, 2.24) is 16.0 Å². The summed E-state index contributed by atoms with van der Waals surface area (Å²) in [6.45, 7) is 1.98. The average molecular weight is 371 g/mol. The summed E-state index contributed by atoms with van der Waals surface area (Å²) < 4.78 is 0. The SMILES string of the molecule is C#CCNC(=O)[C@@H](NC(=O)NCC1(c2ccccc2)CCCCC1)[C@@H](C)O. The van der Waals surface area contributed by atoms with E-state index in [4.69, 9.17) is 6.42 Å². The number of hydrogen-bond acceptors (Lipinski definition) is 3. The van der Waals surface area contributed by atoms with E-state index < -0.39 is 24.1 Å². The molecule has 0 aromatic heterocycles. The van der Waals surface area contributed by atoms with Crippen molar-refractivity contribution in [2.75, 3.05) is 13.1 Å². The largest absolute Gasteiger partial charge is 0.391 e. The maximum Gasteiger partial charge on any atom is 0.315 e. The van der Waals surface area contributed by atoms with Crippen LogP contribution in [0.2, 0.25) is 0 Å². The fraction of sp³-hybridized carbons (Fsp3) is 0.524. The summed E-state index contributed by atoms with van der Waals surface area (Å²) in [5.41, 5.74) is 1.13. The van der Waals surface area contributed by atoms with Crippen LogP contribution in [0.3, 0.4) is 0 Å². The lowest BCUT2D eigenvalue weighted by Crippen LogP contribution is -2.56. The zero-order chi connectivity index (χ0) is 19.7. The number of aliphatic hydroxyl groups is 1. The van der Waals surface area contributed by atoms with Crippen molar-refractivity contribution in [3.63, 3.8) is 0 Å². The molecule has 0 unspecified atom stereocenters. The van der Waals surface area contributed by atoms with Gasteiger partial charge in [-0.2, -0.15) is 0 Å². The van der Waals surface area contributed by atoms with Crippen molar-refractivity contribution in [3.8, 4) is 12.3 Å². The Labute approximate surface area is 161 Å². The van der Waals surface area contributed by atoms with E-state index in [0.717, 1.165) is 25.7 Å². The summed E-state index contributed by atoms with van der Waals surface area (Å²) in [4.78, 5) is 24.5. The number of nitrogens with one attached hydrogen (secondary N) is 3. The van der Waals surface area contributed by atoms with Crippen LogP contribution in [0.5, 0.6) is 0 Å². The molecule has 6 heteroatoms. The molecule has 0 heterocycles. The first kappa shape index (κ1) is 20.8. The zero-order valence-corrected chi connectivity index (χ0v) is 15.8. The van der Waals surface area contributed by atoms with Crippen LogP contribution in [-0.4, -0.2) is 42.3 Å². The lowest BCUT2D eigenvalue weighted by Gasteiger charge is -2.38. The molecule has 4 N–H and O–H groups in total. The predicted molar refractivity (Wildman–Crippen MR) is 105 cm³/mol. The summed E-state index contributed by atoms with van der Waals surface area (Å²) in [7, 11) is 0. The van der Waals surface area contributed by atoms with Gasteiger partial charge in [0.25, 0.3) is 0 Å². The third-order valence-electron chi connectivity index (χ3n) is 5.20. The highest BCUT2D eigenvalue weighted by Crippen LogP contribution is 2.38. The summed E-state index contributed by atoms with van der Waals surface area (Å²) in [6, 6.07) is 8.71. The van der Waals surface area contributed by atoms with Crippen LogP contribution in [0.4, 0.5) is 4.79 Å². The maximum atomic E-state index is 12.4.